The average molecular weight is 265 g/mol. The van der Waals surface area contributed by atoms with Crippen LogP contribution in [0.1, 0.15) is 90.4 Å². The quantitative estimate of drug-likeness (QED) is 0.707. The van der Waals surface area contributed by atoms with E-state index in [-0.39, 0.29) is 0 Å². The average Bonchev–Trinajstić information content (AvgIpc) is 2.47. The third kappa shape index (κ3) is 4.22. The summed E-state index contributed by atoms with van der Waals surface area (Å²) in [5.41, 5.74) is 0. The summed E-state index contributed by atoms with van der Waals surface area (Å²) < 4.78 is 0. The van der Waals surface area contributed by atoms with Crippen molar-refractivity contribution in [2.75, 3.05) is 0 Å². The van der Waals surface area contributed by atoms with Crippen molar-refractivity contribution in [3.05, 3.63) is 0 Å². The minimum absolute atomic E-state index is 0.459. The Morgan fingerprint density at radius 3 is 1.79 bits per heavy atom. The van der Waals surface area contributed by atoms with Crippen LogP contribution in [0.4, 0.5) is 0 Å². The van der Waals surface area contributed by atoms with Crippen molar-refractivity contribution in [2.45, 2.75) is 102 Å². The van der Waals surface area contributed by atoms with E-state index in [2.05, 4.69) is 11.8 Å². The zero-order valence-electron chi connectivity index (χ0n) is 12.7. The van der Waals surface area contributed by atoms with Crippen molar-refractivity contribution in [1.82, 2.24) is 4.90 Å². The van der Waals surface area contributed by atoms with Crippen LogP contribution in [-0.2, 0) is 4.79 Å². The molecular formula is C17H31NO. The first-order chi connectivity index (χ1) is 9.33. The van der Waals surface area contributed by atoms with Gasteiger partial charge >= 0.3 is 0 Å². The molecule has 2 heteroatoms. The normalized spacial score (nSPS) is 22.4. The van der Waals surface area contributed by atoms with Gasteiger partial charge in [-0.15, -0.1) is 0 Å². The number of carbonyl (C=O) groups excluding carboxylic acids is 1. The lowest BCUT2D eigenvalue weighted by Gasteiger charge is -2.42. The molecule has 2 fully saturated rings. The fourth-order valence-electron chi connectivity index (χ4n) is 3.88. The molecule has 1 amide bonds. The number of amides is 1. The van der Waals surface area contributed by atoms with E-state index in [0.717, 1.165) is 19.3 Å². The first kappa shape index (κ1) is 14.9. The summed E-state index contributed by atoms with van der Waals surface area (Å²) in [6.45, 7) is 2.18. The Morgan fingerprint density at radius 2 is 1.37 bits per heavy atom. The van der Waals surface area contributed by atoms with E-state index >= 15 is 0 Å². The van der Waals surface area contributed by atoms with E-state index < -0.39 is 0 Å². The lowest BCUT2D eigenvalue weighted by atomic mass is 9.88. The van der Waals surface area contributed by atoms with Gasteiger partial charge in [0, 0.05) is 18.5 Å². The predicted octanol–water partition coefficient (Wildman–Crippen LogP) is 4.67. The van der Waals surface area contributed by atoms with Gasteiger partial charge in [-0.2, -0.15) is 0 Å². The first-order valence-electron chi connectivity index (χ1n) is 8.64. The van der Waals surface area contributed by atoms with Crippen LogP contribution in [0.3, 0.4) is 0 Å². The Bertz CT molecular complexity index is 246. The van der Waals surface area contributed by atoms with Crippen molar-refractivity contribution in [2.24, 2.45) is 0 Å². The highest BCUT2D eigenvalue weighted by atomic mass is 16.2. The molecule has 110 valence electrons. The molecule has 0 saturated heterocycles. The third-order valence-electron chi connectivity index (χ3n) is 4.97. The maximum Gasteiger partial charge on any atom is 0.223 e. The standard InChI is InChI=1S/C17H31NO/c1-2-3-14-17(19)18(15-10-6-4-7-11-15)16-12-8-5-9-13-16/h15-16H,2-14H2,1H3. The summed E-state index contributed by atoms with van der Waals surface area (Å²) >= 11 is 0. The van der Waals surface area contributed by atoms with Crippen LogP contribution >= 0.6 is 0 Å². The minimum Gasteiger partial charge on any atom is -0.337 e. The summed E-state index contributed by atoms with van der Waals surface area (Å²) in [5.74, 6) is 0.459. The molecule has 0 aromatic heterocycles. The van der Waals surface area contributed by atoms with Crippen LogP contribution in [0.5, 0.6) is 0 Å². The Labute approximate surface area is 118 Å². The second kappa shape index (κ2) is 7.91. The highest BCUT2D eigenvalue weighted by molar-refractivity contribution is 5.77. The van der Waals surface area contributed by atoms with Crippen LogP contribution in [-0.4, -0.2) is 22.9 Å². The second-order valence-corrected chi connectivity index (χ2v) is 6.49. The van der Waals surface area contributed by atoms with E-state index in [1.54, 1.807) is 0 Å². The zero-order chi connectivity index (χ0) is 13.5. The van der Waals surface area contributed by atoms with Gasteiger partial charge in [0.05, 0.1) is 0 Å². The molecule has 2 aliphatic rings. The zero-order valence-corrected chi connectivity index (χ0v) is 12.7. The number of hydrogen-bond donors (Lipinski definition) is 0. The van der Waals surface area contributed by atoms with Crippen LogP contribution in [0.25, 0.3) is 0 Å². The molecule has 0 aliphatic heterocycles. The first-order valence-corrected chi connectivity index (χ1v) is 8.64. The lowest BCUT2D eigenvalue weighted by molar-refractivity contribution is -0.138. The Hall–Kier alpha value is -0.530. The fourth-order valence-corrected chi connectivity index (χ4v) is 3.88. The monoisotopic (exact) mass is 265 g/mol. The van der Waals surface area contributed by atoms with E-state index in [1.807, 2.05) is 0 Å². The number of nitrogens with zero attached hydrogens (tertiary/aromatic N) is 1. The molecule has 0 unspecified atom stereocenters. The van der Waals surface area contributed by atoms with E-state index in [1.165, 1.54) is 64.2 Å². The van der Waals surface area contributed by atoms with Gasteiger partial charge < -0.3 is 4.90 Å². The predicted molar refractivity (Wildman–Crippen MR) is 80.1 cm³/mol. The molecule has 2 aliphatic carbocycles. The van der Waals surface area contributed by atoms with Gasteiger partial charge in [0.15, 0.2) is 0 Å². The Morgan fingerprint density at radius 1 is 0.895 bits per heavy atom. The summed E-state index contributed by atoms with van der Waals surface area (Å²) in [7, 11) is 0. The number of unbranched alkanes of at least 4 members (excludes halogenated alkanes) is 1. The molecule has 2 saturated carbocycles. The summed E-state index contributed by atoms with van der Waals surface area (Å²) in [6, 6.07) is 1.14. The number of hydrogen-bond acceptors (Lipinski definition) is 1. The van der Waals surface area contributed by atoms with Gasteiger partial charge in [0.2, 0.25) is 5.91 Å². The Balaban J connectivity index is 1.99. The maximum absolute atomic E-state index is 12.6. The molecule has 0 N–H and O–H groups in total. The van der Waals surface area contributed by atoms with Gasteiger partial charge in [0.1, 0.15) is 0 Å². The molecule has 2 rings (SSSR count). The SMILES string of the molecule is CCCCC(=O)N(C1CCCCC1)C1CCCCC1. The van der Waals surface area contributed by atoms with E-state index in [0.29, 0.717) is 18.0 Å². The van der Waals surface area contributed by atoms with Crippen LogP contribution in [0, 0.1) is 0 Å². The van der Waals surface area contributed by atoms with Crippen molar-refractivity contribution in [3.63, 3.8) is 0 Å². The molecule has 2 nitrogen and oxygen atoms in total. The molecule has 0 heterocycles. The molecule has 0 spiro atoms. The minimum atomic E-state index is 0.459. The largest absolute Gasteiger partial charge is 0.337 e. The second-order valence-electron chi connectivity index (χ2n) is 6.49. The number of carbonyl (C=O) groups is 1. The van der Waals surface area contributed by atoms with Gasteiger partial charge in [-0.25, -0.2) is 0 Å². The summed E-state index contributed by atoms with van der Waals surface area (Å²) in [5, 5.41) is 0. The maximum atomic E-state index is 12.6. The molecule has 0 atom stereocenters. The summed E-state index contributed by atoms with van der Waals surface area (Å²) in [4.78, 5) is 15.0. The van der Waals surface area contributed by atoms with Crippen LogP contribution in [0.15, 0.2) is 0 Å². The van der Waals surface area contributed by atoms with Crippen molar-refractivity contribution >= 4 is 5.91 Å². The molecular weight excluding hydrogens is 234 g/mol. The topological polar surface area (TPSA) is 20.3 Å². The summed E-state index contributed by atoms with van der Waals surface area (Å²) in [6.07, 6.45) is 16.1. The van der Waals surface area contributed by atoms with Crippen molar-refractivity contribution in [1.29, 1.82) is 0 Å². The molecule has 0 aromatic carbocycles. The molecule has 0 radical (unpaired) electrons. The van der Waals surface area contributed by atoms with Crippen molar-refractivity contribution in [3.8, 4) is 0 Å². The third-order valence-corrected chi connectivity index (χ3v) is 4.97. The highest BCUT2D eigenvalue weighted by Gasteiger charge is 2.31. The van der Waals surface area contributed by atoms with Crippen LogP contribution < -0.4 is 0 Å². The molecule has 19 heavy (non-hydrogen) atoms. The Kier molecular flexibility index (Phi) is 6.19. The molecule has 0 bridgehead atoms. The van der Waals surface area contributed by atoms with Gasteiger partial charge in [0.25, 0.3) is 0 Å². The van der Waals surface area contributed by atoms with Crippen molar-refractivity contribution < 1.29 is 4.79 Å². The van der Waals surface area contributed by atoms with Gasteiger partial charge in [-0.3, -0.25) is 4.79 Å². The highest BCUT2D eigenvalue weighted by Crippen LogP contribution is 2.30. The van der Waals surface area contributed by atoms with Gasteiger partial charge in [-0.05, 0) is 32.1 Å². The lowest BCUT2D eigenvalue weighted by Crippen LogP contribution is -2.48. The van der Waals surface area contributed by atoms with Gasteiger partial charge in [-0.1, -0.05) is 51.9 Å². The molecule has 0 aromatic rings. The fraction of sp³-hybridized carbons (Fsp3) is 0.941. The smallest absolute Gasteiger partial charge is 0.223 e. The van der Waals surface area contributed by atoms with Crippen LogP contribution in [0.2, 0.25) is 0 Å². The van der Waals surface area contributed by atoms with E-state index in [4.69, 9.17) is 0 Å². The number of rotatable bonds is 5. The van der Waals surface area contributed by atoms with E-state index in [9.17, 15) is 4.79 Å².